The van der Waals surface area contributed by atoms with Crippen LogP contribution in [0.3, 0.4) is 0 Å². The van der Waals surface area contributed by atoms with Crippen LogP contribution in [0.1, 0.15) is 26.2 Å². The van der Waals surface area contributed by atoms with E-state index in [2.05, 4.69) is 15.9 Å². The Kier molecular flexibility index (Phi) is 6.46. The van der Waals surface area contributed by atoms with Gasteiger partial charge in [0.1, 0.15) is 5.78 Å². The first-order chi connectivity index (χ1) is 5.16. The average molecular weight is 221 g/mol. The molecule has 0 aliphatic carbocycles. The SMILES string of the molecule is CC(=O)CC/C=C(\Br)CCO. The van der Waals surface area contributed by atoms with E-state index in [9.17, 15) is 4.79 Å². The summed E-state index contributed by atoms with van der Waals surface area (Å²) in [5, 5.41) is 8.51. The van der Waals surface area contributed by atoms with E-state index in [0.717, 1.165) is 10.9 Å². The number of aliphatic hydroxyl groups is 1. The van der Waals surface area contributed by atoms with Gasteiger partial charge < -0.3 is 9.90 Å². The largest absolute Gasteiger partial charge is 0.396 e. The number of aliphatic hydroxyl groups excluding tert-OH is 1. The fourth-order valence-corrected chi connectivity index (χ4v) is 1.05. The van der Waals surface area contributed by atoms with Crippen molar-refractivity contribution in [2.45, 2.75) is 26.2 Å². The molecule has 0 unspecified atom stereocenters. The van der Waals surface area contributed by atoms with Crippen molar-refractivity contribution < 1.29 is 9.90 Å². The zero-order chi connectivity index (χ0) is 8.69. The van der Waals surface area contributed by atoms with Crippen LogP contribution in [0.2, 0.25) is 0 Å². The maximum atomic E-state index is 10.5. The summed E-state index contributed by atoms with van der Waals surface area (Å²) in [6.07, 6.45) is 3.91. The molecule has 0 aromatic carbocycles. The summed E-state index contributed by atoms with van der Waals surface area (Å²) in [6, 6.07) is 0. The lowest BCUT2D eigenvalue weighted by Crippen LogP contribution is -1.87. The number of carbonyl (C=O) groups excluding carboxylic acids is 1. The van der Waals surface area contributed by atoms with Gasteiger partial charge in [0.25, 0.3) is 0 Å². The third-order valence-electron chi connectivity index (χ3n) is 1.21. The van der Waals surface area contributed by atoms with Crippen molar-refractivity contribution in [3.63, 3.8) is 0 Å². The highest BCUT2D eigenvalue weighted by atomic mass is 79.9. The lowest BCUT2D eigenvalue weighted by atomic mass is 10.2. The maximum absolute atomic E-state index is 10.5. The number of carbonyl (C=O) groups is 1. The molecule has 0 bridgehead atoms. The summed E-state index contributed by atoms with van der Waals surface area (Å²) in [6.45, 7) is 1.73. The summed E-state index contributed by atoms with van der Waals surface area (Å²) in [5.74, 6) is 0.200. The average Bonchev–Trinajstić information content (AvgIpc) is 1.87. The smallest absolute Gasteiger partial charge is 0.130 e. The van der Waals surface area contributed by atoms with Gasteiger partial charge in [0.15, 0.2) is 0 Å². The van der Waals surface area contributed by atoms with E-state index in [-0.39, 0.29) is 12.4 Å². The quantitative estimate of drug-likeness (QED) is 0.771. The van der Waals surface area contributed by atoms with E-state index in [1.165, 1.54) is 0 Å². The number of allylic oxidation sites excluding steroid dienone is 1. The molecule has 0 saturated heterocycles. The maximum Gasteiger partial charge on any atom is 0.130 e. The minimum atomic E-state index is 0.150. The van der Waals surface area contributed by atoms with Gasteiger partial charge in [-0.15, -0.1) is 0 Å². The highest BCUT2D eigenvalue weighted by molar-refractivity contribution is 9.11. The van der Waals surface area contributed by atoms with Gasteiger partial charge in [0.2, 0.25) is 0 Å². The molecule has 0 aliphatic heterocycles. The van der Waals surface area contributed by atoms with Crippen molar-refractivity contribution in [1.82, 2.24) is 0 Å². The third-order valence-corrected chi connectivity index (χ3v) is 1.93. The van der Waals surface area contributed by atoms with E-state index in [0.29, 0.717) is 12.8 Å². The number of hydrogen-bond donors (Lipinski definition) is 1. The Balaban J connectivity index is 3.47. The van der Waals surface area contributed by atoms with Crippen LogP contribution in [-0.4, -0.2) is 17.5 Å². The van der Waals surface area contributed by atoms with E-state index in [4.69, 9.17) is 5.11 Å². The third kappa shape index (κ3) is 7.75. The summed E-state index contributed by atoms with van der Waals surface area (Å²) in [5.41, 5.74) is 0. The lowest BCUT2D eigenvalue weighted by molar-refractivity contribution is -0.116. The molecule has 3 heteroatoms. The molecule has 0 aromatic heterocycles. The van der Waals surface area contributed by atoms with Gasteiger partial charge in [0.05, 0.1) is 0 Å². The van der Waals surface area contributed by atoms with Crippen LogP contribution in [0.25, 0.3) is 0 Å². The van der Waals surface area contributed by atoms with Gasteiger partial charge in [0, 0.05) is 19.4 Å². The lowest BCUT2D eigenvalue weighted by Gasteiger charge is -1.94. The van der Waals surface area contributed by atoms with Gasteiger partial charge in [-0.3, -0.25) is 0 Å². The first-order valence-corrected chi connectivity index (χ1v) is 4.41. The molecule has 1 N–H and O–H groups in total. The zero-order valence-corrected chi connectivity index (χ0v) is 8.23. The van der Waals surface area contributed by atoms with Crippen LogP contribution in [0.4, 0.5) is 0 Å². The molecule has 0 fully saturated rings. The van der Waals surface area contributed by atoms with Gasteiger partial charge in [-0.25, -0.2) is 0 Å². The standard InChI is InChI=1S/C8H13BrO2/c1-7(11)3-2-4-8(9)5-6-10/h4,10H,2-3,5-6H2,1H3/b8-4-. The van der Waals surface area contributed by atoms with E-state index >= 15 is 0 Å². The Hall–Kier alpha value is -0.150. The van der Waals surface area contributed by atoms with Crippen molar-refractivity contribution in [3.8, 4) is 0 Å². The molecule has 0 amide bonds. The number of rotatable bonds is 5. The van der Waals surface area contributed by atoms with Gasteiger partial charge in [-0.2, -0.15) is 0 Å². The summed E-state index contributed by atoms with van der Waals surface area (Å²) in [7, 11) is 0. The molecule has 2 nitrogen and oxygen atoms in total. The molecule has 0 heterocycles. The van der Waals surface area contributed by atoms with E-state index in [1.54, 1.807) is 6.92 Å². The summed E-state index contributed by atoms with van der Waals surface area (Å²) < 4.78 is 0.973. The highest BCUT2D eigenvalue weighted by Gasteiger charge is 1.92. The van der Waals surface area contributed by atoms with Crippen LogP contribution in [0.5, 0.6) is 0 Å². The molecule has 0 radical (unpaired) electrons. The second-order valence-electron chi connectivity index (χ2n) is 2.37. The predicted octanol–water partition coefficient (Wildman–Crippen LogP) is 2.02. The second-order valence-corrected chi connectivity index (χ2v) is 3.38. The molecule has 11 heavy (non-hydrogen) atoms. The minimum absolute atomic E-state index is 0.150. The van der Waals surface area contributed by atoms with Gasteiger partial charge in [-0.05, 0) is 17.8 Å². The van der Waals surface area contributed by atoms with E-state index < -0.39 is 0 Å². The Morgan fingerprint density at radius 2 is 2.18 bits per heavy atom. The van der Waals surface area contributed by atoms with Crippen LogP contribution < -0.4 is 0 Å². The molecule has 0 aromatic rings. The first-order valence-electron chi connectivity index (χ1n) is 3.61. The van der Waals surface area contributed by atoms with Crippen LogP contribution in [0.15, 0.2) is 10.6 Å². The number of hydrogen-bond acceptors (Lipinski definition) is 2. The fourth-order valence-electron chi connectivity index (χ4n) is 0.641. The molecule has 0 aliphatic rings. The van der Waals surface area contributed by atoms with Gasteiger partial charge in [-0.1, -0.05) is 22.0 Å². The molecule has 64 valence electrons. The molecule has 0 atom stereocenters. The van der Waals surface area contributed by atoms with Crippen molar-refractivity contribution in [2.24, 2.45) is 0 Å². The van der Waals surface area contributed by atoms with Gasteiger partial charge >= 0.3 is 0 Å². The molecule has 0 saturated carbocycles. The van der Waals surface area contributed by atoms with Crippen LogP contribution in [0, 0.1) is 0 Å². The van der Waals surface area contributed by atoms with Crippen LogP contribution >= 0.6 is 15.9 Å². The van der Waals surface area contributed by atoms with Crippen molar-refractivity contribution in [1.29, 1.82) is 0 Å². The normalized spacial score (nSPS) is 11.7. The fraction of sp³-hybridized carbons (Fsp3) is 0.625. The molecule has 0 spiro atoms. The first kappa shape index (κ1) is 10.8. The molecular weight excluding hydrogens is 208 g/mol. The van der Waals surface area contributed by atoms with E-state index in [1.807, 2.05) is 6.08 Å². The van der Waals surface area contributed by atoms with Crippen molar-refractivity contribution >= 4 is 21.7 Å². The monoisotopic (exact) mass is 220 g/mol. The number of Topliss-reactive ketones (excluding diaryl/α,β-unsaturated/α-hetero) is 1. The highest BCUT2D eigenvalue weighted by Crippen LogP contribution is 2.10. The molecular formula is C8H13BrO2. The Morgan fingerprint density at radius 1 is 1.55 bits per heavy atom. The Labute approximate surface area is 75.4 Å². The Bertz CT molecular complexity index is 152. The summed E-state index contributed by atoms with van der Waals surface area (Å²) >= 11 is 3.28. The minimum Gasteiger partial charge on any atom is -0.396 e. The van der Waals surface area contributed by atoms with Crippen molar-refractivity contribution in [2.75, 3.05) is 6.61 Å². The second kappa shape index (κ2) is 6.55. The predicted molar refractivity (Wildman–Crippen MR) is 48.6 cm³/mol. The zero-order valence-electron chi connectivity index (χ0n) is 6.64. The topological polar surface area (TPSA) is 37.3 Å². The Morgan fingerprint density at radius 3 is 2.64 bits per heavy atom. The number of ketones is 1. The molecule has 0 rings (SSSR count). The van der Waals surface area contributed by atoms with Crippen LogP contribution in [-0.2, 0) is 4.79 Å². The number of halogens is 1. The summed E-state index contributed by atoms with van der Waals surface area (Å²) in [4.78, 5) is 10.5. The van der Waals surface area contributed by atoms with Crippen molar-refractivity contribution in [3.05, 3.63) is 10.6 Å².